The van der Waals surface area contributed by atoms with Crippen molar-refractivity contribution in [3.63, 3.8) is 0 Å². The third kappa shape index (κ3) is 2.52. The average Bonchev–Trinajstić information content (AvgIpc) is 2.67. The van der Waals surface area contributed by atoms with Crippen molar-refractivity contribution in [3.05, 3.63) is 60.2 Å². The molecule has 4 atom stereocenters. The Bertz CT molecular complexity index is 897. The Balaban J connectivity index is 1.57. The minimum atomic E-state index is -0.758. The lowest BCUT2D eigenvalue weighted by Crippen LogP contribution is -2.69. The maximum Gasteiger partial charge on any atom is 0.237 e. The van der Waals surface area contributed by atoms with Crippen molar-refractivity contribution in [2.24, 2.45) is 11.8 Å². The van der Waals surface area contributed by atoms with Gasteiger partial charge in [-0.2, -0.15) is 0 Å². The predicted octanol–water partition coefficient (Wildman–Crippen LogP) is 3.43. The predicted molar refractivity (Wildman–Crippen MR) is 101 cm³/mol. The number of para-hydroxylation sites is 2. The molecule has 1 saturated carbocycles. The Morgan fingerprint density at radius 3 is 2.70 bits per heavy atom. The third-order valence-corrected chi connectivity index (χ3v) is 6.22. The second-order valence-corrected chi connectivity index (χ2v) is 7.73. The SMILES string of the molecule is O=C(Nc1ccccc1)[C@@H]1C(=O)N[C@]23CCCC[C@@H]2[C@H]1c1ccccc1O3. The van der Waals surface area contributed by atoms with Crippen LogP contribution in [0.4, 0.5) is 5.69 Å². The molecule has 0 unspecified atom stereocenters. The first-order valence-corrected chi connectivity index (χ1v) is 9.64. The first-order valence-electron chi connectivity index (χ1n) is 9.64. The Morgan fingerprint density at radius 1 is 1.07 bits per heavy atom. The van der Waals surface area contributed by atoms with Crippen LogP contribution in [0.2, 0.25) is 0 Å². The summed E-state index contributed by atoms with van der Waals surface area (Å²) in [5, 5.41) is 6.03. The summed E-state index contributed by atoms with van der Waals surface area (Å²) in [6.45, 7) is 0. The summed E-state index contributed by atoms with van der Waals surface area (Å²) >= 11 is 0. The number of fused-ring (bicyclic) bond motifs is 2. The van der Waals surface area contributed by atoms with E-state index in [9.17, 15) is 9.59 Å². The molecule has 2 aromatic rings. The van der Waals surface area contributed by atoms with Crippen LogP contribution in [0.1, 0.15) is 37.2 Å². The Kier molecular flexibility index (Phi) is 3.71. The lowest BCUT2D eigenvalue weighted by Gasteiger charge is -2.55. The van der Waals surface area contributed by atoms with Crippen LogP contribution in [0.25, 0.3) is 0 Å². The van der Waals surface area contributed by atoms with Crippen LogP contribution in [0, 0.1) is 11.8 Å². The minimum absolute atomic E-state index is 0.116. The summed E-state index contributed by atoms with van der Waals surface area (Å²) in [5.74, 6) is -0.497. The van der Waals surface area contributed by atoms with Crippen molar-refractivity contribution in [3.8, 4) is 5.75 Å². The Morgan fingerprint density at radius 2 is 1.85 bits per heavy atom. The third-order valence-electron chi connectivity index (χ3n) is 6.22. The van der Waals surface area contributed by atoms with E-state index < -0.39 is 11.6 Å². The summed E-state index contributed by atoms with van der Waals surface area (Å²) < 4.78 is 6.35. The highest BCUT2D eigenvalue weighted by molar-refractivity contribution is 6.08. The van der Waals surface area contributed by atoms with Gasteiger partial charge < -0.3 is 15.4 Å². The molecule has 2 amide bonds. The zero-order valence-electron chi connectivity index (χ0n) is 15.0. The number of benzene rings is 2. The molecule has 3 aliphatic rings. The van der Waals surface area contributed by atoms with Gasteiger partial charge >= 0.3 is 0 Å². The van der Waals surface area contributed by atoms with Crippen molar-refractivity contribution in [2.45, 2.75) is 37.3 Å². The zero-order valence-corrected chi connectivity index (χ0v) is 15.0. The molecule has 5 nitrogen and oxygen atoms in total. The average molecular weight is 362 g/mol. The van der Waals surface area contributed by atoms with E-state index in [1.165, 1.54) is 0 Å². The molecule has 5 heteroatoms. The Labute approximate surface area is 158 Å². The monoisotopic (exact) mass is 362 g/mol. The molecule has 2 aliphatic heterocycles. The second-order valence-electron chi connectivity index (χ2n) is 7.73. The summed E-state index contributed by atoms with van der Waals surface area (Å²) in [7, 11) is 0. The second kappa shape index (κ2) is 6.12. The van der Waals surface area contributed by atoms with Crippen LogP contribution in [-0.4, -0.2) is 17.5 Å². The van der Waals surface area contributed by atoms with E-state index in [0.717, 1.165) is 37.0 Å². The quantitative estimate of drug-likeness (QED) is 0.805. The van der Waals surface area contributed by atoms with Gasteiger partial charge in [0, 0.05) is 23.9 Å². The van der Waals surface area contributed by atoms with Gasteiger partial charge in [-0.15, -0.1) is 0 Å². The normalized spacial score (nSPS) is 31.0. The van der Waals surface area contributed by atoms with E-state index in [1.54, 1.807) is 0 Å². The molecule has 0 spiro atoms. The van der Waals surface area contributed by atoms with E-state index in [4.69, 9.17) is 4.74 Å². The van der Waals surface area contributed by atoms with Crippen LogP contribution in [-0.2, 0) is 9.59 Å². The van der Waals surface area contributed by atoms with Gasteiger partial charge in [0.1, 0.15) is 11.7 Å². The fourth-order valence-electron chi connectivity index (χ4n) is 5.09. The molecule has 2 bridgehead atoms. The van der Waals surface area contributed by atoms with Crippen molar-refractivity contribution in [1.29, 1.82) is 0 Å². The highest BCUT2D eigenvalue weighted by atomic mass is 16.5. The maximum absolute atomic E-state index is 13.1. The van der Waals surface area contributed by atoms with Crippen molar-refractivity contribution in [1.82, 2.24) is 5.32 Å². The molecule has 2 heterocycles. The molecule has 0 aromatic heterocycles. The fourth-order valence-corrected chi connectivity index (χ4v) is 5.09. The van der Waals surface area contributed by atoms with Gasteiger partial charge in [-0.05, 0) is 36.6 Å². The summed E-state index contributed by atoms with van der Waals surface area (Å²) in [4.78, 5) is 26.2. The lowest BCUT2D eigenvalue weighted by molar-refractivity contribution is -0.160. The van der Waals surface area contributed by atoms with Gasteiger partial charge in [-0.3, -0.25) is 9.59 Å². The molecular formula is C22H22N2O3. The number of hydrogen-bond donors (Lipinski definition) is 2. The van der Waals surface area contributed by atoms with E-state index in [1.807, 2.05) is 54.6 Å². The van der Waals surface area contributed by atoms with Gasteiger partial charge in [-0.25, -0.2) is 0 Å². The van der Waals surface area contributed by atoms with E-state index in [2.05, 4.69) is 10.6 Å². The smallest absolute Gasteiger partial charge is 0.237 e. The number of piperidine rings is 1. The van der Waals surface area contributed by atoms with Gasteiger partial charge in [-0.1, -0.05) is 42.8 Å². The van der Waals surface area contributed by atoms with Crippen molar-refractivity contribution in [2.75, 3.05) is 5.32 Å². The molecule has 1 saturated heterocycles. The lowest BCUT2D eigenvalue weighted by atomic mass is 9.62. The molecule has 2 N–H and O–H groups in total. The van der Waals surface area contributed by atoms with E-state index in [0.29, 0.717) is 5.69 Å². The number of amides is 2. The number of ether oxygens (including phenoxy) is 1. The summed E-state index contributed by atoms with van der Waals surface area (Å²) in [5.41, 5.74) is 1.01. The van der Waals surface area contributed by atoms with Crippen LogP contribution in [0.3, 0.4) is 0 Å². The van der Waals surface area contributed by atoms with Crippen LogP contribution in [0.5, 0.6) is 5.75 Å². The van der Waals surface area contributed by atoms with Crippen molar-refractivity contribution >= 4 is 17.5 Å². The van der Waals surface area contributed by atoms with Gasteiger partial charge in [0.2, 0.25) is 11.8 Å². The zero-order chi connectivity index (χ0) is 18.4. The van der Waals surface area contributed by atoms with Crippen LogP contribution in [0.15, 0.2) is 54.6 Å². The maximum atomic E-state index is 13.1. The molecule has 0 radical (unpaired) electrons. The number of anilines is 1. The topological polar surface area (TPSA) is 67.4 Å². The Hall–Kier alpha value is -2.82. The summed E-state index contributed by atoms with van der Waals surface area (Å²) in [6, 6.07) is 17.1. The van der Waals surface area contributed by atoms with Gasteiger partial charge in [0.05, 0.1) is 0 Å². The van der Waals surface area contributed by atoms with E-state index in [-0.39, 0.29) is 23.7 Å². The van der Waals surface area contributed by atoms with E-state index >= 15 is 0 Å². The number of hydrogen-bond acceptors (Lipinski definition) is 3. The molecule has 2 fully saturated rings. The summed E-state index contributed by atoms with van der Waals surface area (Å²) in [6.07, 6.45) is 3.86. The largest absolute Gasteiger partial charge is 0.467 e. The van der Waals surface area contributed by atoms with Crippen molar-refractivity contribution < 1.29 is 14.3 Å². The first kappa shape index (κ1) is 16.4. The van der Waals surface area contributed by atoms with Gasteiger partial charge in [0.15, 0.2) is 5.72 Å². The van der Waals surface area contributed by atoms with Crippen LogP contribution < -0.4 is 15.4 Å². The molecule has 1 aliphatic carbocycles. The molecular weight excluding hydrogens is 340 g/mol. The molecule has 5 rings (SSSR count). The number of carbonyl (C=O) groups is 2. The highest BCUT2D eigenvalue weighted by Gasteiger charge is 2.60. The highest BCUT2D eigenvalue weighted by Crippen LogP contribution is 2.55. The molecule has 138 valence electrons. The number of carbonyl (C=O) groups excluding carboxylic acids is 2. The molecule has 27 heavy (non-hydrogen) atoms. The standard InChI is InChI=1S/C22H22N2O3/c25-20(23-14-8-2-1-3-9-14)19-18-15-10-4-5-12-17(15)27-22(24-21(19)26)13-7-6-11-16(18)22/h1-5,8-10,12,16,18-19H,6-7,11,13H2,(H,23,25)(H,24,26)/t16-,18-,19-,22+/m1/s1. The fraction of sp³-hybridized carbons (Fsp3) is 0.364. The number of rotatable bonds is 2. The van der Waals surface area contributed by atoms with Gasteiger partial charge in [0.25, 0.3) is 0 Å². The minimum Gasteiger partial charge on any atom is -0.467 e. The van der Waals surface area contributed by atoms with Crippen LogP contribution >= 0.6 is 0 Å². The number of nitrogens with one attached hydrogen (secondary N) is 2. The molecule has 2 aromatic carbocycles. The first-order chi connectivity index (χ1) is 13.2.